The van der Waals surface area contributed by atoms with Gasteiger partial charge in [0.1, 0.15) is 0 Å². The second-order valence-electron chi connectivity index (χ2n) is 7.15. The average molecular weight is 418 g/mol. The van der Waals surface area contributed by atoms with Gasteiger partial charge in [0, 0.05) is 35.4 Å². The van der Waals surface area contributed by atoms with Crippen molar-refractivity contribution in [1.29, 1.82) is 0 Å². The highest BCUT2D eigenvalue weighted by Gasteiger charge is 2.38. The summed E-state index contributed by atoms with van der Waals surface area (Å²) >= 11 is 0. The lowest BCUT2D eigenvalue weighted by atomic mass is 10.1. The molecule has 1 unspecified atom stereocenters. The molecule has 0 aliphatic carbocycles. The number of hydrogen-bond donors (Lipinski definition) is 2. The van der Waals surface area contributed by atoms with E-state index in [0.717, 1.165) is 17.7 Å². The largest absolute Gasteiger partial charge is 0.398 e. The standard InChI is InChI=1S/C24H21N2O3P/c27-30(28,29)24(23-9-5-2-6-10-23)26-17-13-22(14-18-26)21-11-15-25(16-12-21)19-20-7-3-1-4-8-20/h1-18,24H,19H2/p+2. The van der Waals surface area contributed by atoms with Gasteiger partial charge in [-0.3, -0.25) is 4.57 Å². The van der Waals surface area contributed by atoms with Crippen LogP contribution >= 0.6 is 7.60 Å². The van der Waals surface area contributed by atoms with Crippen molar-refractivity contribution in [3.8, 4) is 11.1 Å². The number of hydrogen-bond acceptors (Lipinski definition) is 1. The number of aromatic nitrogens is 2. The van der Waals surface area contributed by atoms with Crippen molar-refractivity contribution in [2.75, 3.05) is 0 Å². The van der Waals surface area contributed by atoms with Gasteiger partial charge >= 0.3 is 7.60 Å². The Morgan fingerprint density at radius 3 is 1.73 bits per heavy atom. The van der Waals surface area contributed by atoms with E-state index in [-0.39, 0.29) is 0 Å². The summed E-state index contributed by atoms with van der Waals surface area (Å²) in [5.74, 6) is -1.04. The maximum Gasteiger partial charge on any atom is 0.398 e. The van der Waals surface area contributed by atoms with Gasteiger partial charge in [0.25, 0.3) is 5.78 Å². The smallest absolute Gasteiger partial charge is 0.320 e. The fourth-order valence-corrected chi connectivity index (χ4v) is 4.57. The lowest BCUT2D eigenvalue weighted by Crippen LogP contribution is -2.39. The van der Waals surface area contributed by atoms with Crippen LogP contribution in [0.5, 0.6) is 0 Å². The minimum absolute atomic E-state index is 0.574. The molecule has 0 amide bonds. The van der Waals surface area contributed by atoms with Gasteiger partial charge in [-0.2, -0.15) is 4.57 Å². The van der Waals surface area contributed by atoms with Crippen molar-refractivity contribution in [1.82, 2.24) is 0 Å². The molecule has 0 aliphatic rings. The van der Waals surface area contributed by atoms with Gasteiger partial charge in [0.05, 0.1) is 0 Å². The van der Waals surface area contributed by atoms with Crippen molar-refractivity contribution in [2.24, 2.45) is 0 Å². The van der Waals surface area contributed by atoms with Gasteiger partial charge in [-0.15, -0.1) is 0 Å². The van der Waals surface area contributed by atoms with E-state index < -0.39 is 13.4 Å². The molecule has 2 heterocycles. The van der Waals surface area contributed by atoms with E-state index in [1.807, 2.05) is 60.9 Å². The highest BCUT2D eigenvalue weighted by Crippen LogP contribution is 2.49. The number of pyridine rings is 2. The summed E-state index contributed by atoms with van der Waals surface area (Å²) in [6.45, 7) is 0.803. The average Bonchev–Trinajstić information content (AvgIpc) is 2.76. The van der Waals surface area contributed by atoms with Gasteiger partial charge in [-0.25, -0.2) is 4.57 Å². The Labute approximate surface area is 175 Å². The van der Waals surface area contributed by atoms with Crippen molar-refractivity contribution in [3.05, 3.63) is 121 Å². The fraction of sp³-hybridized carbons (Fsp3) is 0.0833. The predicted octanol–water partition coefficient (Wildman–Crippen LogP) is 3.70. The van der Waals surface area contributed by atoms with E-state index in [1.165, 1.54) is 5.56 Å². The Hall–Kier alpha value is -3.11. The molecule has 0 bridgehead atoms. The molecule has 0 spiro atoms. The number of rotatable bonds is 6. The van der Waals surface area contributed by atoms with Crippen molar-refractivity contribution >= 4 is 7.60 Å². The minimum Gasteiger partial charge on any atom is -0.320 e. The quantitative estimate of drug-likeness (QED) is 0.371. The second kappa shape index (κ2) is 8.72. The van der Waals surface area contributed by atoms with Crippen molar-refractivity contribution in [3.63, 3.8) is 0 Å². The molecule has 6 heteroatoms. The minimum atomic E-state index is -4.39. The van der Waals surface area contributed by atoms with Crippen molar-refractivity contribution in [2.45, 2.75) is 12.3 Å². The third-order valence-corrected chi connectivity index (χ3v) is 6.19. The molecule has 2 N–H and O–H groups in total. The van der Waals surface area contributed by atoms with Crippen LogP contribution in [0.3, 0.4) is 0 Å². The molecule has 0 aliphatic heterocycles. The third-order valence-electron chi connectivity index (χ3n) is 4.98. The highest BCUT2D eigenvalue weighted by atomic mass is 31.2. The Morgan fingerprint density at radius 2 is 1.20 bits per heavy atom. The normalized spacial score (nSPS) is 12.5. The van der Waals surface area contributed by atoms with Gasteiger partial charge in [0.2, 0.25) is 0 Å². The summed E-state index contributed by atoms with van der Waals surface area (Å²) in [5, 5.41) is 0. The van der Waals surface area contributed by atoms with Crippen LogP contribution in [0, 0.1) is 0 Å². The molecule has 4 rings (SSSR count). The van der Waals surface area contributed by atoms with Crippen LogP contribution in [-0.2, 0) is 11.1 Å². The lowest BCUT2D eigenvalue weighted by Gasteiger charge is -2.14. The van der Waals surface area contributed by atoms with E-state index in [2.05, 4.69) is 16.7 Å². The molecule has 0 radical (unpaired) electrons. The maximum absolute atomic E-state index is 12.1. The molecule has 0 fully saturated rings. The topological polar surface area (TPSA) is 65.3 Å². The lowest BCUT2D eigenvalue weighted by molar-refractivity contribution is -0.695. The van der Waals surface area contributed by atoms with E-state index in [1.54, 1.807) is 41.2 Å². The number of nitrogens with zero attached hydrogens (tertiary/aromatic N) is 2. The molecule has 5 nitrogen and oxygen atoms in total. The molecular weight excluding hydrogens is 395 g/mol. The molecular formula is C24H23N2O3P+2. The van der Waals surface area contributed by atoms with Gasteiger partial charge < -0.3 is 9.79 Å². The monoisotopic (exact) mass is 418 g/mol. The van der Waals surface area contributed by atoms with E-state index in [0.29, 0.717) is 5.56 Å². The second-order valence-corrected chi connectivity index (χ2v) is 8.82. The fourth-order valence-electron chi connectivity index (χ4n) is 3.51. The Balaban J connectivity index is 1.56. The molecule has 30 heavy (non-hydrogen) atoms. The van der Waals surface area contributed by atoms with Gasteiger partial charge in [-0.05, 0) is 11.1 Å². The zero-order valence-corrected chi connectivity index (χ0v) is 17.2. The first-order chi connectivity index (χ1) is 14.5. The molecule has 2 aromatic carbocycles. The predicted molar refractivity (Wildman–Crippen MR) is 114 cm³/mol. The Bertz CT molecular complexity index is 1140. The third kappa shape index (κ3) is 4.71. The van der Waals surface area contributed by atoms with Crippen LogP contribution in [0.25, 0.3) is 11.1 Å². The van der Waals surface area contributed by atoms with Crippen molar-refractivity contribution < 1.29 is 23.5 Å². The molecule has 2 aromatic heterocycles. The Kier molecular flexibility index (Phi) is 5.86. The maximum atomic E-state index is 12.1. The van der Waals surface area contributed by atoms with Gasteiger partial charge in [-0.1, -0.05) is 60.7 Å². The van der Waals surface area contributed by atoms with Crippen LogP contribution in [-0.4, -0.2) is 9.79 Å². The first-order valence-corrected chi connectivity index (χ1v) is 11.3. The zero-order chi connectivity index (χ0) is 21.0. The van der Waals surface area contributed by atoms with E-state index in [9.17, 15) is 14.4 Å². The van der Waals surface area contributed by atoms with Gasteiger partial charge in [0.15, 0.2) is 31.3 Å². The number of benzene rings is 2. The first kappa shape index (κ1) is 20.2. The van der Waals surface area contributed by atoms with E-state index >= 15 is 0 Å². The van der Waals surface area contributed by atoms with Crippen LogP contribution < -0.4 is 9.13 Å². The summed E-state index contributed by atoms with van der Waals surface area (Å²) in [4.78, 5) is 19.8. The highest BCUT2D eigenvalue weighted by molar-refractivity contribution is 7.51. The zero-order valence-electron chi connectivity index (χ0n) is 16.3. The molecule has 0 saturated carbocycles. The summed E-state index contributed by atoms with van der Waals surface area (Å²) in [6, 6.07) is 27.0. The summed E-state index contributed by atoms with van der Waals surface area (Å²) in [6.07, 6.45) is 7.51. The van der Waals surface area contributed by atoms with Crippen LogP contribution in [0.15, 0.2) is 110 Å². The molecule has 0 saturated heterocycles. The van der Waals surface area contributed by atoms with Crippen LogP contribution in [0.4, 0.5) is 0 Å². The summed E-state index contributed by atoms with van der Waals surface area (Å²) in [5.41, 5.74) is 3.83. The molecule has 1 atom stereocenters. The van der Waals surface area contributed by atoms with Crippen LogP contribution in [0.1, 0.15) is 16.9 Å². The molecule has 4 aromatic rings. The SMILES string of the molecule is O=P(O)(O)C(c1ccccc1)[n+]1ccc(-c2cc[n+](Cc3ccccc3)cc2)cc1. The Morgan fingerprint density at radius 1 is 0.700 bits per heavy atom. The van der Waals surface area contributed by atoms with Crippen LogP contribution in [0.2, 0.25) is 0 Å². The summed E-state index contributed by atoms with van der Waals surface area (Å²) < 4.78 is 15.8. The first-order valence-electron chi connectivity index (χ1n) is 9.65. The summed E-state index contributed by atoms with van der Waals surface area (Å²) in [7, 11) is -4.39. The van der Waals surface area contributed by atoms with E-state index in [4.69, 9.17) is 0 Å². The molecule has 150 valence electrons.